The first-order valence-electron chi connectivity index (χ1n) is 6.40. The van der Waals surface area contributed by atoms with Crippen LogP contribution < -0.4 is 5.32 Å². The van der Waals surface area contributed by atoms with Gasteiger partial charge in [0.15, 0.2) is 10.8 Å². The van der Waals surface area contributed by atoms with E-state index < -0.39 is 0 Å². The van der Waals surface area contributed by atoms with E-state index in [0.717, 1.165) is 4.88 Å². The van der Waals surface area contributed by atoms with E-state index in [1.54, 1.807) is 25.4 Å². The van der Waals surface area contributed by atoms with Gasteiger partial charge < -0.3 is 5.32 Å². The summed E-state index contributed by atoms with van der Waals surface area (Å²) < 4.78 is 0.710. The van der Waals surface area contributed by atoms with Crippen molar-refractivity contribution in [1.29, 1.82) is 0 Å². The fraction of sp³-hybridized carbons (Fsp3) is 0.143. The summed E-state index contributed by atoms with van der Waals surface area (Å²) in [5.41, 5.74) is 0.675. The van der Waals surface area contributed by atoms with Crippen LogP contribution in [0.25, 0.3) is 10.8 Å². The number of thiophene rings is 1. The monoisotopic (exact) mass is 350 g/mol. The lowest BCUT2D eigenvalue weighted by Gasteiger charge is -2.01. The number of aromatic nitrogens is 3. The SMILES string of the molecule is Cc1nc(-c2ncccn2)sc1C(=O)NCc1ccc(Cl)s1. The van der Waals surface area contributed by atoms with Gasteiger partial charge in [-0.3, -0.25) is 4.79 Å². The van der Waals surface area contributed by atoms with Crippen molar-refractivity contribution in [3.63, 3.8) is 0 Å². The van der Waals surface area contributed by atoms with Crippen LogP contribution >= 0.6 is 34.3 Å². The third kappa shape index (κ3) is 3.32. The van der Waals surface area contributed by atoms with Crippen LogP contribution in [0, 0.1) is 6.92 Å². The molecular weight excluding hydrogens is 340 g/mol. The normalized spacial score (nSPS) is 10.6. The third-order valence-electron chi connectivity index (χ3n) is 2.81. The maximum absolute atomic E-state index is 12.3. The van der Waals surface area contributed by atoms with Crippen molar-refractivity contribution in [2.75, 3.05) is 0 Å². The first kappa shape index (κ1) is 15.1. The minimum atomic E-state index is -0.151. The maximum atomic E-state index is 12.3. The predicted molar refractivity (Wildman–Crippen MR) is 88.4 cm³/mol. The summed E-state index contributed by atoms with van der Waals surface area (Å²) in [5.74, 6) is 0.376. The Balaban J connectivity index is 1.74. The quantitative estimate of drug-likeness (QED) is 0.781. The lowest BCUT2D eigenvalue weighted by molar-refractivity contribution is 0.0954. The van der Waals surface area contributed by atoms with Gasteiger partial charge in [0, 0.05) is 17.3 Å². The van der Waals surface area contributed by atoms with E-state index in [1.807, 2.05) is 12.1 Å². The number of hydrogen-bond acceptors (Lipinski definition) is 6. The van der Waals surface area contributed by atoms with Crippen LogP contribution in [0.3, 0.4) is 0 Å². The van der Waals surface area contributed by atoms with Crippen LogP contribution in [0.5, 0.6) is 0 Å². The van der Waals surface area contributed by atoms with Gasteiger partial charge in [-0.25, -0.2) is 15.0 Å². The number of nitrogens with one attached hydrogen (secondary N) is 1. The molecule has 0 aliphatic rings. The molecule has 1 N–H and O–H groups in total. The Morgan fingerprint density at radius 2 is 2.05 bits per heavy atom. The molecule has 0 bridgehead atoms. The second-order valence-electron chi connectivity index (χ2n) is 4.39. The molecule has 0 radical (unpaired) electrons. The molecule has 0 unspecified atom stereocenters. The van der Waals surface area contributed by atoms with Crippen molar-refractivity contribution in [2.45, 2.75) is 13.5 Å². The number of aryl methyl sites for hydroxylation is 1. The molecular formula is C14H11ClN4OS2. The average Bonchev–Trinajstić information content (AvgIpc) is 3.12. The molecule has 5 nitrogen and oxygen atoms in total. The number of thiazole rings is 1. The number of rotatable bonds is 4. The smallest absolute Gasteiger partial charge is 0.263 e. The van der Waals surface area contributed by atoms with E-state index in [-0.39, 0.29) is 5.91 Å². The minimum Gasteiger partial charge on any atom is -0.346 e. The zero-order valence-electron chi connectivity index (χ0n) is 11.5. The number of nitrogens with zero attached hydrogens (tertiary/aromatic N) is 3. The summed E-state index contributed by atoms with van der Waals surface area (Å²) in [7, 11) is 0. The first-order valence-corrected chi connectivity index (χ1v) is 8.42. The molecule has 3 aromatic rings. The van der Waals surface area contributed by atoms with Gasteiger partial charge in [0.2, 0.25) is 0 Å². The van der Waals surface area contributed by atoms with Crippen molar-refractivity contribution >= 4 is 40.2 Å². The van der Waals surface area contributed by atoms with E-state index in [9.17, 15) is 4.79 Å². The standard InChI is InChI=1S/C14H11ClN4OS2/c1-8-11(13(20)18-7-9-3-4-10(15)21-9)22-14(19-8)12-16-5-2-6-17-12/h2-6H,7H2,1H3,(H,18,20). The molecule has 0 spiro atoms. The van der Waals surface area contributed by atoms with Crippen LogP contribution in [0.1, 0.15) is 20.2 Å². The largest absolute Gasteiger partial charge is 0.346 e. The molecule has 0 aliphatic carbocycles. The number of carbonyl (C=O) groups excluding carboxylic acids is 1. The lowest BCUT2D eigenvalue weighted by Crippen LogP contribution is -2.22. The summed E-state index contributed by atoms with van der Waals surface area (Å²) in [6.07, 6.45) is 3.30. The van der Waals surface area contributed by atoms with E-state index in [1.165, 1.54) is 22.7 Å². The fourth-order valence-electron chi connectivity index (χ4n) is 1.81. The topological polar surface area (TPSA) is 67.8 Å². The van der Waals surface area contributed by atoms with E-state index >= 15 is 0 Å². The summed E-state index contributed by atoms with van der Waals surface area (Å²) in [5, 5.41) is 3.52. The number of hydrogen-bond donors (Lipinski definition) is 1. The summed E-state index contributed by atoms with van der Waals surface area (Å²) >= 11 is 8.61. The van der Waals surface area contributed by atoms with Crippen molar-refractivity contribution in [3.05, 3.63) is 50.4 Å². The molecule has 112 valence electrons. The summed E-state index contributed by atoms with van der Waals surface area (Å²) in [6.45, 7) is 2.25. The molecule has 3 aromatic heterocycles. The fourth-order valence-corrected chi connectivity index (χ4v) is 3.76. The second kappa shape index (κ2) is 6.51. The van der Waals surface area contributed by atoms with Crippen LogP contribution in [0.15, 0.2) is 30.6 Å². The zero-order valence-corrected chi connectivity index (χ0v) is 13.9. The van der Waals surface area contributed by atoms with Gasteiger partial charge in [0.05, 0.1) is 16.6 Å². The number of halogens is 1. The Kier molecular flexibility index (Phi) is 4.47. The van der Waals surface area contributed by atoms with Crippen molar-refractivity contribution in [2.24, 2.45) is 0 Å². The lowest BCUT2D eigenvalue weighted by atomic mass is 10.3. The van der Waals surface area contributed by atoms with E-state index in [4.69, 9.17) is 11.6 Å². The predicted octanol–water partition coefficient (Wildman–Crippen LogP) is 3.55. The van der Waals surface area contributed by atoms with Crippen LogP contribution in [-0.4, -0.2) is 20.9 Å². The Morgan fingerprint density at radius 1 is 1.27 bits per heavy atom. The summed E-state index contributed by atoms with van der Waals surface area (Å²) in [6, 6.07) is 5.45. The van der Waals surface area contributed by atoms with E-state index in [0.29, 0.717) is 32.3 Å². The van der Waals surface area contributed by atoms with Crippen molar-refractivity contribution in [3.8, 4) is 10.8 Å². The molecule has 8 heteroatoms. The highest BCUT2D eigenvalue weighted by Crippen LogP contribution is 2.25. The Morgan fingerprint density at radius 3 is 2.73 bits per heavy atom. The minimum absolute atomic E-state index is 0.151. The van der Waals surface area contributed by atoms with Crippen LogP contribution in [-0.2, 0) is 6.54 Å². The van der Waals surface area contributed by atoms with Gasteiger partial charge in [-0.15, -0.1) is 22.7 Å². The first-order chi connectivity index (χ1) is 10.6. The van der Waals surface area contributed by atoms with Crippen LogP contribution in [0.2, 0.25) is 4.34 Å². The molecule has 0 fully saturated rings. The maximum Gasteiger partial charge on any atom is 0.263 e. The third-order valence-corrected chi connectivity index (χ3v) is 5.20. The Bertz CT molecular complexity index is 800. The highest BCUT2D eigenvalue weighted by Gasteiger charge is 2.17. The second-order valence-corrected chi connectivity index (χ2v) is 7.19. The highest BCUT2D eigenvalue weighted by atomic mass is 35.5. The van der Waals surface area contributed by atoms with Gasteiger partial charge in [-0.1, -0.05) is 11.6 Å². The van der Waals surface area contributed by atoms with Gasteiger partial charge >= 0.3 is 0 Å². The van der Waals surface area contributed by atoms with E-state index in [2.05, 4.69) is 20.3 Å². The van der Waals surface area contributed by atoms with Crippen LogP contribution in [0.4, 0.5) is 0 Å². The van der Waals surface area contributed by atoms with Crippen molar-refractivity contribution < 1.29 is 4.79 Å². The zero-order chi connectivity index (χ0) is 15.5. The highest BCUT2D eigenvalue weighted by molar-refractivity contribution is 7.17. The molecule has 3 rings (SSSR count). The molecule has 0 aromatic carbocycles. The van der Waals surface area contributed by atoms with Gasteiger partial charge in [-0.05, 0) is 25.1 Å². The van der Waals surface area contributed by atoms with Gasteiger partial charge in [0.1, 0.15) is 4.88 Å². The molecule has 0 aliphatic heterocycles. The van der Waals surface area contributed by atoms with Gasteiger partial charge in [-0.2, -0.15) is 0 Å². The molecule has 22 heavy (non-hydrogen) atoms. The molecule has 0 saturated carbocycles. The average molecular weight is 351 g/mol. The molecule has 3 heterocycles. The number of carbonyl (C=O) groups is 1. The molecule has 0 saturated heterocycles. The Hall–Kier alpha value is -1.83. The molecule has 0 atom stereocenters. The molecule has 1 amide bonds. The summed E-state index contributed by atoms with van der Waals surface area (Å²) in [4.78, 5) is 26.5. The van der Waals surface area contributed by atoms with Crippen molar-refractivity contribution in [1.82, 2.24) is 20.3 Å². The number of amides is 1. The Labute approximate surface area is 140 Å². The van der Waals surface area contributed by atoms with Gasteiger partial charge in [0.25, 0.3) is 5.91 Å².